The van der Waals surface area contributed by atoms with Crippen LogP contribution in [0.3, 0.4) is 0 Å². The molecule has 0 spiro atoms. The van der Waals surface area contributed by atoms with Gasteiger partial charge in [0.05, 0.1) is 18.4 Å². The molecule has 0 aliphatic carbocycles. The molecule has 33 heavy (non-hydrogen) atoms. The van der Waals surface area contributed by atoms with Crippen molar-refractivity contribution in [2.45, 2.75) is 57.9 Å². The molecule has 2 aromatic rings. The molecule has 0 bridgehead atoms. The van der Waals surface area contributed by atoms with E-state index in [0.29, 0.717) is 45.0 Å². The van der Waals surface area contributed by atoms with Crippen molar-refractivity contribution in [3.8, 4) is 5.75 Å². The molecule has 1 N–H and O–H groups in total. The van der Waals surface area contributed by atoms with Gasteiger partial charge in [-0.2, -0.15) is 0 Å². The van der Waals surface area contributed by atoms with Gasteiger partial charge in [-0.3, -0.25) is 0 Å². The van der Waals surface area contributed by atoms with Crippen molar-refractivity contribution in [1.82, 2.24) is 24.0 Å². The van der Waals surface area contributed by atoms with Gasteiger partial charge in [-0.15, -0.1) is 10.2 Å². The number of piperidine rings is 1. The number of sulfonamides is 1. The van der Waals surface area contributed by atoms with Crippen LogP contribution in [-0.4, -0.2) is 69.9 Å². The summed E-state index contributed by atoms with van der Waals surface area (Å²) in [7, 11) is -3.23. The molecule has 1 fully saturated rings. The summed E-state index contributed by atoms with van der Waals surface area (Å²) in [5.41, 5.74) is 0.708. The summed E-state index contributed by atoms with van der Waals surface area (Å²) in [6, 6.07) is 7.12. The second kappa shape index (κ2) is 9.68. The summed E-state index contributed by atoms with van der Waals surface area (Å²) in [5, 5.41) is 11.3. The highest BCUT2D eigenvalue weighted by Gasteiger charge is 2.34. The summed E-state index contributed by atoms with van der Waals surface area (Å²) in [5.74, 6) is 2.60. The zero-order chi connectivity index (χ0) is 23.6. The maximum atomic E-state index is 12.7. The van der Waals surface area contributed by atoms with Crippen LogP contribution < -0.4 is 10.1 Å². The fraction of sp³-hybridized carbons (Fsp3) is 0.591. The van der Waals surface area contributed by atoms with Gasteiger partial charge in [0, 0.05) is 37.8 Å². The maximum Gasteiger partial charge on any atom is 0.322 e. The van der Waals surface area contributed by atoms with Crippen molar-refractivity contribution in [1.29, 1.82) is 0 Å². The second-order valence-electron chi connectivity index (χ2n) is 8.70. The fourth-order valence-corrected chi connectivity index (χ4v) is 5.64. The van der Waals surface area contributed by atoms with Crippen LogP contribution in [0.1, 0.15) is 51.2 Å². The van der Waals surface area contributed by atoms with E-state index in [-0.39, 0.29) is 11.9 Å². The molecular formula is C22H32N6O4S. The zero-order valence-corrected chi connectivity index (χ0v) is 20.2. The molecule has 1 aromatic heterocycles. The quantitative estimate of drug-likeness (QED) is 0.686. The average molecular weight is 477 g/mol. The molecule has 1 saturated heterocycles. The van der Waals surface area contributed by atoms with Crippen LogP contribution in [0.4, 0.5) is 10.5 Å². The van der Waals surface area contributed by atoms with Gasteiger partial charge < -0.3 is 19.5 Å². The maximum absolute atomic E-state index is 12.7. The Morgan fingerprint density at radius 2 is 1.82 bits per heavy atom. The van der Waals surface area contributed by atoms with E-state index < -0.39 is 15.3 Å². The summed E-state index contributed by atoms with van der Waals surface area (Å²) in [6.07, 6.45) is 1.46. The minimum atomic E-state index is -3.23. The molecule has 11 heteroatoms. The Morgan fingerprint density at radius 3 is 2.45 bits per heavy atom. The van der Waals surface area contributed by atoms with Gasteiger partial charge in [0.15, 0.2) is 5.82 Å². The number of benzene rings is 1. The first-order valence-corrected chi connectivity index (χ1v) is 13.0. The smallest absolute Gasteiger partial charge is 0.322 e. The van der Waals surface area contributed by atoms with Gasteiger partial charge in [-0.05, 0) is 57.9 Å². The van der Waals surface area contributed by atoms with Crippen LogP contribution >= 0.6 is 0 Å². The first-order valence-electron chi connectivity index (χ1n) is 11.5. The lowest BCUT2D eigenvalue weighted by atomic mass is 9.97. The zero-order valence-electron chi connectivity index (χ0n) is 19.4. The van der Waals surface area contributed by atoms with Crippen molar-refractivity contribution >= 4 is 21.7 Å². The predicted molar refractivity (Wildman–Crippen MR) is 125 cm³/mol. The number of nitrogens with one attached hydrogen (secondary N) is 1. The minimum Gasteiger partial charge on any atom is -0.494 e. The van der Waals surface area contributed by atoms with Gasteiger partial charge in [-0.25, -0.2) is 17.5 Å². The average Bonchev–Trinajstić information content (AvgIpc) is 3.24. The number of anilines is 1. The SMILES string of the molecule is CCOc1ccc(NC(=O)N2CCn3c(nnc3C3CCN(S(=O)(=O)C(C)C)CC3)C2)cc1. The van der Waals surface area contributed by atoms with Gasteiger partial charge in [0.1, 0.15) is 11.6 Å². The van der Waals surface area contributed by atoms with Crippen molar-refractivity contribution in [2.24, 2.45) is 0 Å². The Balaban J connectivity index is 1.36. The van der Waals surface area contributed by atoms with Crippen molar-refractivity contribution in [3.05, 3.63) is 35.9 Å². The molecular weight excluding hydrogens is 444 g/mol. The number of hydrogen-bond acceptors (Lipinski definition) is 6. The lowest BCUT2D eigenvalue weighted by Crippen LogP contribution is -2.43. The molecule has 0 atom stereocenters. The molecule has 3 heterocycles. The first kappa shape index (κ1) is 23.5. The van der Waals surface area contributed by atoms with Crippen LogP contribution in [0.25, 0.3) is 0 Å². The van der Waals surface area contributed by atoms with Crippen LogP contribution in [0.15, 0.2) is 24.3 Å². The summed E-state index contributed by atoms with van der Waals surface area (Å²) >= 11 is 0. The number of rotatable bonds is 6. The number of fused-ring (bicyclic) bond motifs is 1. The van der Waals surface area contributed by atoms with Crippen LogP contribution in [-0.2, 0) is 23.1 Å². The Labute approximate surface area is 195 Å². The summed E-state index contributed by atoms with van der Waals surface area (Å²) < 4.78 is 34.0. The molecule has 2 amide bonds. The Morgan fingerprint density at radius 1 is 1.12 bits per heavy atom. The van der Waals surface area contributed by atoms with Gasteiger partial charge >= 0.3 is 6.03 Å². The van der Waals surface area contributed by atoms with E-state index >= 15 is 0 Å². The van der Waals surface area contributed by atoms with E-state index in [1.807, 2.05) is 31.2 Å². The first-order chi connectivity index (χ1) is 15.8. The third-order valence-corrected chi connectivity index (χ3v) is 8.54. The lowest BCUT2D eigenvalue weighted by Gasteiger charge is -2.33. The predicted octanol–water partition coefficient (Wildman–Crippen LogP) is 2.64. The molecule has 0 radical (unpaired) electrons. The number of urea groups is 1. The molecule has 2 aliphatic heterocycles. The van der Waals surface area contributed by atoms with Crippen molar-refractivity contribution < 1.29 is 17.9 Å². The Kier molecular flexibility index (Phi) is 6.89. The molecule has 10 nitrogen and oxygen atoms in total. The van der Waals surface area contributed by atoms with Gasteiger partial charge in [0.2, 0.25) is 10.0 Å². The number of amides is 2. The molecule has 0 saturated carbocycles. The molecule has 4 rings (SSSR count). The van der Waals surface area contributed by atoms with Crippen molar-refractivity contribution in [3.63, 3.8) is 0 Å². The highest BCUT2D eigenvalue weighted by molar-refractivity contribution is 7.89. The number of hydrogen-bond donors (Lipinski definition) is 1. The van der Waals surface area contributed by atoms with E-state index in [4.69, 9.17) is 4.74 Å². The number of nitrogens with zero attached hydrogens (tertiary/aromatic N) is 5. The van der Waals surface area contributed by atoms with E-state index in [1.54, 1.807) is 23.1 Å². The number of carbonyl (C=O) groups is 1. The highest BCUT2D eigenvalue weighted by Crippen LogP contribution is 2.30. The Bertz CT molecular complexity index is 1070. The number of carbonyl (C=O) groups excluding carboxylic acids is 1. The van der Waals surface area contributed by atoms with E-state index in [1.165, 1.54) is 0 Å². The van der Waals surface area contributed by atoms with E-state index in [2.05, 4.69) is 20.1 Å². The van der Waals surface area contributed by atoms with Crippen LogP contribution in [0.5, 0.6) is 5.75 Å². The normalized spacial score (nSPS) is 17.8. The summed E-state index contributed by atoms with van der Waals surface area (Å²) in [6.45, 7) is 8.53. The molecule has 2 aliphatic rings. The lowest BCUT2D eigenvalue weighted by molar-refractivity contribution is 0.194. The van der Waals surface area contributed by atoms with Crippen LogP contribution in [0, 0.1) is 0 Å². The standard InChI is InChI=1S/C22H32N6O4S/c1-4-32-19-7-5-18(6-8-19)23-22(29)26-13-14-28-20(15-26)24-25-21(28)17-9-11-27(12-10-17)33(30,31)16(2)3/h5-8,16-17H,4,9-15H2,1-3H3,(H,23,29). The van der Waals surface area contributed by atoms with Gasteiger partial charge in [-0.1, -0.05) is 0 Å². The van der Waals surface area contributed by atoms with E-state index in [9.17, 15) is 13.2 Å². The number of ether oxygens (including phenoxy) is 1. The molecule has 1 aromatic carbocycles. The summed E-state index contributed by atoms with van der Waals surface area (Å²) in [4.78, 5) is 14.5. The topological polar surface area (TPSA) is 110 Å². The molecule has 180 valence electrons. The molecule has 0 unspecified atom stereocenters. The number of aromatic nitrogens is 3. The fourth-order valence-electron chi connectivity index (χ4n) is 4.33. The van der Waals surface area contributed by atoms with E-state index in [0.717, 1.165) is 30.2 Å². The van der Waals surface area contributed by atoms with Crippen LogP contribution in [0.2, 0.25) is 0 Å². The third kappa shape index (κ3) is 4.98. The Hall–Kier alpha value is -2.66. The minimum absolute atomic E-state index is 0.175. The van der Waals surface area contributed by atoms with Crippen molar-refractivity contribution in [2.75, 3.05) is 31.6 Å². The highest BCUT2D eigenvalue weighted by atomic mass is 32.2. The monoisotopic (exact) mass is 476 g/mol. The largest absolute Gasteiger partial charge is 0.494 e. The second-order valence-corrected chi connectivity index (χ2v) is 11.2. The van der Waals surface area contributed by atoms with Gasteiger partial charge in [0.25, 0.3) is 0 Å². The third-order valence-electron chi connectivity index (χ3n) is 6.26.